The SMILES string of the molecule is O=C(Oc1cccc(-c2nc3ccc(Br)cn3c2NC2CCCCC2)c1)c1ccco1. The number of hydrogen-bond acceptors (Lipinski definition) is 5. The number of furan rings is 1. The molecule has 5 rings (SSSR count). The standard InChI is InChI=1S/C24H22BrN3O3/c25-17-11-12-21-27-22(23(28(21)15-17)26-18-7-2-1-3-8-18)16-6-4-9-19(14-16)31-24(29)20-10-5-13-30-20/h4-6,9-15,18,26H,1-3,7-8H2. The van der Waals surface area contributed by atoms with Gasteiger partial charge in [-0.3, -0.25) is 4.40 Å². The number of nitrogens with one attached hydrogen (secondary N) is 1. The van der Waals surface area contributed by atoms with E-state index in [-0.39, 0.29) is 5.76 Å². The molecule has 0 unspecified atom stereocenters. The number of imidazole rings is 1. The first-order valence-corrected chi connectivity index (χ1v) is 11.3. The number of halogens is 1. The summed E-state index contributed by atoms with van der Waals surface area (Å²) < 4.78 is 13.7. The van der Waals surface area contributed by atoms with Gasteiger partial charge in [0, 0.05) is 22.3 Å². The molecule has 158 valence electrons. The number of pyridine rings is 1. The zero-order chi connectivity index (χ0) is 21.2. The van der Waals surface area contributed by atoms with E-state index >= 15 is 0 Å². The molecule has 6 nitrogen and oxygen atoms in total. The van der Waals surface area contributed by atoms with Gasteiger partial charge in [0.25, 0.3) is 0 Å². The van der Waals surface area contributed by atoms with Gasteiger partial charge in [0.05, 0.1) is 6.26 Å². The lowest BCUT2D eigenvalue weighted by Crippen LogP contribution is -2.23. The molecular weight excluding hydrogens is 458 g/mol. The Kier molecular flexibility index (Phi) is 5.51. The molecule has 7 heteroatoms. The molecule has 3 heterocycles. The Morgan fingerprint density at radius 1 is 1.13 bits per heavy atom. The molecule has 1 aromatic carbocycles. The van der Waals surface area contributed by atoms with Crippen LogP contribution in [0, 0.1) is 0 Å². The summed E-state index contributed by atoms with van der Waals surface area (Å²) in [4.78, 5) is 17.2. The number of nitrogens with zero attached hydrogens (tertiary/aromatic N) is 2. The Hall–Kier alpha value is -3.06. The third-order valence-electron chi connectivity index (χ3n) is 5.57. The molecule has 4 aromatic rings. The van der Waals surface area contributed by atoms with Crippen molar-refractivity contribution in [1.29, 1.82) is 0 Å². The van der Waals surface area contributed by atoms with Crippen molar-refractivity contribution in [3.63, 3.8) is 0 Å². The quantitative estimate of drug-likeness (QED) is 0.267. The van der Waals surface area contributed by atoms with Crippen LogP contribution < -0.4 is 10.1 Å². The highest BCUT2D eigenvalue weighted by Gasteiger charge is 2.20. The molecule has 3 aromatic heterocycles. The summed E-state index contributed by atoms with van der Waals surface area (Å²) in [5, 5.41) is 3.74. The minimum absolute atomic E-state index is 0.169. The van der Waals surface area contributed by atoms with E-state index in [0.717, 1.165) is 40.0 Å². The number of carbonyl (C=O) groups excluding carboxylic acids is 1. The van der Waals surface area contributed by atoms with Crippen LogP contribution in [0.25, 0.3) is 16.9 Å². The van der Waals surface area contributed by atoms with Crippen LogP contribution in [0.2, 0.25) is 0 Å². The molecule has 1 aliphatic rings. The molecule has 0 saturated heterocycles. The van der Waals surface area contributed by atoms with Crippen LogP contribution in [0.3, 0.4) is 0 Å². The van der Waals surface area contributed by atoms with Gasteiger partial charge in [-0.05, 0) is 65.2 Å². The lowest BCUT2D eigenvalue weighted by molar-refractivity contribution is 0.0701. The Labute approximate surface area is 188 Å². The van der Waals surface area contributed by atoms with E-state index in [2.05, 4.69) is 25.6 Å². The zero-order valence-corrected chi connectivity index (χ0v) is 18.5. The summed E-state index contributed by atoms with van der Waals surface area (Å²) in [6.07, 6.45) is 9.57. The maximum atomic E-state index is 12.3. The van der Waals surface area contributed by atoms with Crippen molar-refractivity contribution in [2.24, 2.45) is 0 Å². The fourth-order valence-corrected chi connectivity index (χ4v) is 4.39. The fraction of sp³-hybridized carbons (Fsp3) is 0.250. The number of fused-ring (bicyclic) bond motifs is 1. The third kappa shape index (κ3) is 4.23. The number of hydrogen-bond donors (Lipinski definition) is 1. The van der Waals surface area contributed by atoms with E-state index in [1.165, 1.54) is 25.5 Å². The predicted octanol–water partition coefficient (Wildman–Crippen LogP) is 6.32. The van der Waals surface area contributed by atoms with Gasteiger partial charge >= 0.3 is 5.97 Å². The maximum absolute atomic E-state index is 12.3. The average Bonchev–Trinajstić information content (AvgIpc) is 3.44. The van der Waals surface area contributed by atoms with E-state index < -0.39 is 5.97 Å². The van der Waals surface area contributed by atoms with Crippen LogP contribution in [0.4, 0.5) is 5.82 Å². The number of aromatic nitrogens is 2. The molecule has 0 bridgehead atoms. The predicted molar refractivity (Wildman–Crippen MR) is 122 cm³/mol. The highest BCUT2D eigenvalue weighted by molar-refractivity contribution is 9.10. The largest absolute Gasteiger partial charge is 0.457 e. The van der Waals surface area contributed by atoms with Crippen molar-refractivity contribution >= 4 is 33.4 Å². The monoisotopic (exact) mass is 479 g/mol. The van der Waals surface area contributed by atoms with Gasteiger partial charge in [0.2, 0.25) is 5.76 Å². The van der Waals surface area contributed by atoms with Crippen molar-refractivity contribution in [2.75, 3.05) is 5.32 Å². The third-order valence-corrected chi connectivity index (χ3v) is 6.04. The summed E-state index contributed by atoms with van der Waals surface area (Å²) in [6.45, 7) is 0. The molecule has 0 radical (unpaired) electrons. The molecule has 0 atom stereocenters. The first-order chi connectivity index (χ1) is 15.2. The van der Waals surface area contributed by atoms with Crippen LogP contribution in [-0.4, -0.2) is 21.4 Å². The lowest BCUT2D eigenvalue weighted by Gasteiger charge is -2.24. The maximum Gasteiger partial charge on any atom is 0.379 e. The molecule has 1 fully saturated rings. The first-order valence-electron chi connectivity index (χ1n) is 10.5. The van der Waals surface area contributed by atoms with E-state index in [1.807, 2.05) is 36.5 Å². The first kappa shape index (κ1) is 19.9. The summed E-state index contributed by atoms with van der Waals surface area (Å²) in [6, 6.07) is 15.1. The lowest BCUT2D eigenvalue weighted by atomic mass is 9.95. The van der Waals surface area contributed by atoms with Crippen molar-refractivity contribution in [3.05, 3.63) is 71.2 Å². The summed E-state index contributed by atoms with van der Waals surface area (Å²) >= 11 is 3.57. The topological polar surface area (TPSA) is 68.8 Å². The van der Waals surface area contributed by atoms with Gasteiger partial charge in [0.1, 0.15) is 22.9 Å². The molecule has 1 aliphatic carbocycles. The number of esters is 1. The highest BCUT2D eigenvalue weighted by atomic mass is 79.9. The Morgan fingerprint density at radius 2 is 2.00 bits per heavy atom. The summed E-state index contributed by atoms with van der Waals surface area (Å²) in [5.41, 5.74) is 2.57. The number of benzene rings is 1. The van der Waals surface area contributed by atoms with Crippen molar-refractivity contribution in [2.45, 2.75) is 38.1 Å². The average molecular weight is 480 g/mol. The van der Waals surface area contributed by atoms with Gasteiger partial charge in [-0.1, -0.05) is 31.4 Å². The minimum Gasteiger partial charge on any atom is -0.457 e. The Morgan fingerprint density at radius 3 is 2.81 bits per heavy atom. The Balaban J connectivity index is 1.51. The normalized spacial score (nSPS) is 14.6. The van der Waals surface area contributed by atoms with E-state index in [9.17, 15) is 4.79 Å². The summed E-state index contributed by atoms with van der Waals surface area (Å²) in [7, 11) is 0. The van der Waals surface area contributed by atoms with E-state index in [1.54, 1.807) is 18.2 Å². The number of carbonyl (C=O) groups is 1. The smallest absolute Gasteiger partial charge is 0.379 e. The summed E-state index contributed by atoms with van der Waals surface area (Å²) in [5.74, 6) is 1.04. The second-order valence-corrected chi connectivity index (χ2v) is 8.67. The molecule has 1 saturated carbocycles. The highest BCUT2D eigenvalue weighted by Crippen LogP contribution is 2.34. The zero-order valence-electron chi connectivity index (χ0n) is 16.9. The van der Waals surface area contributed by atoms with Gasteiger partial charge in [0.15, 0.2) is 0 Å². The minimum atomic E-state index is -0.526. The van der Waals surface area contributed by atoms with Crippen LogP contribution in [0.5, 0.6) is 5.75 Å². The van der Waals surface area contributed by atoms with Crippen molar-refractivity contribution in [1.82, 2.24) is 9.38 Å². The second kappa shape index (κ2) is 8.59. The van der Waals surface area contributed by atoms with Gasteiger partial charge in [-0.2, -0.15) is 0 Å². The van der Waals surface area contributed by atoms with E-state index in [4.69, 9.17) is 14.1 Å². The molecule has 31 heavy (non-hydrogen) atoms. The fourth-order valence-electron chi connectivity index (χ4n) is 4.06. The van der Waals surface area contributed by atoms with Crippen LogP contribution in [0.15, 0.2) is 69.9 Å². The van der Waals surface area contributed by atoms with Gasteiger partial charge in [-0.25, -0.2) is 9.78 Å². The molecule has 0 aliphatic heterocycles. The van der Waals surface area contributed by atoms with Gasteiger partial charge in [-0.15, -0.1) is 0 Å². The Bertz CT molecular complexity index is 1210. The van der Waals surface area contributed by atoms with Crippen molar-refractivity contribution < 1.29 is 13.9 Å². The second-order valence-electron chi connectivity index (χ2n) is 7.76. The number of ether oxygens (including phenoxy) is 1. The van der Waals surface area contributed by atoms with Crippen molar-refractivity contribution in [3.8, 4) is 17.0 Å². The van der Waals surface area contributed by atoms with Crippen LogP contribution >= 0.6 is 15.9 Å². The molecule has 0 amide bonds. The van der Waals surface area contributed by atoms with Crippen LogP contribution in [0.1, 0.15) is 42.7 Å². The molecule has 0 spiro atoms. The number of rotatable bonds is 5. The number of anilines is 1. The van der Waals surface area contributed by atoms with Crippen LogP contribution in [-0.2, 0) is 0 Å². The van der Waals surface area contributed by atoms with E-state index in [0.29, 0.717) is 11.8 Å². The van der Waals surface area contributed by atoms with Gasteiger partial charge < -0.3 is 14.5 Å². The molecular formula is C24H22BrN3O3. The molecule has 1 N–H and O–H groups in total.